The van der Waals surface area contributed by atoms with Gasteiger partial charge in [-0.05, 0) is 23.8 Å². The zero-order valence-electron chi connectivity index (χ0n) is 15.1. The highest BCUT2D eigenvalue weighted by Crippen LogP contribution is 2.32. The summed E-state index contributed by atoms with van der Waals surface area (Å²) in [6, 6.07) is 13.0. The number of rotatable bonds is 4. The molecule has 144 valence electrons. The zero-order valence-corrected chi connectivity index (χ0v) is 16.7. The third kappa shape index (κ3) is 3.60. The lowest BCUT2D eigenvalue weighted by atomic mass is 10.1. The van der Waals surface area contributed by atoms with E-state index in [1.807, 2.05) is 40.3 Å². The number of nitrogens with zero attached hydrogens (tertiary/aromatic N) is 3. The zero-order chi connectivity index (χ0) is 19.7. The molecule has 0 atom stereocenters. The van der Waals surface area contributed by atoms with Gasteiger partial charge in [0.25, 0.3) is 5.69 Å². The maximum absolute atomic E-state index is 12.8. The molecule has 1 aliphatic heterocycles. The van der Waals surface area contributed by atoms with Crippen LogP contribution >= 0.6 is 15.9 Å². The number of carbonyl (C=O) groups is 1. The minimum Gasteiger partial charge on any atom is -0.362 e. The molecule has 1 fully saturated rings. The van der Waals surface area contributed by atoms with E-state index >= 15 is 0 Å². The van der Waals surface area contributed by atoms with E-state index in [-0.39, 0.29) is 16.5 Å². The van der Waals surface area contributed by atoms with Gasteiger partial charge in [0.15, 0.2) is 0 Å². The summed E-state index contributed by atoms with van der Waals surface area (Å²) in [4.78, 5) is 30.8. The van der Waals surface area contributed by atoms with Crippen LogP contribution in [0.5, 0.6) is 0 Å². The molecule has 1 N–H and O–H groups in total. The molecule has 0 bridgehead atoms. The third-order valence-electron chi connectivity index (χ3n) is 5.12. The number of aromatic nitrogens is 1. The first-order chi connectivity index (χ1) is 13.5. The average Bonchev–Trinajstić information content (AvgIpc) is 3.11. The topological polar surface area (TPSA) is 82.5 Å². The van der Waals surface area contributed by atoms with E-state index in [1.54, 1.807) is 12.1 Å². The fourth-order valence-corrected chi connectivity index (χ4v) is 4.01. The highest BCUT2D eigenvalue weighted by atomic mass is 79.9. The second kappa shape index (κ2) is 7.63. The molecular formula is C20H19BrN4O3. The van der Waals surface area contributed by atoms with Crippen molar-refractivity contribution in [1.82, 2.24) is 9.88 Å². The number of para-hydroxylation sites is 1. The predicted molar refractivity (Wildman–Crippen MR) is 112 cm³/mol. The molecule has 3 aromatic rings. The number of piperazine rings is 1. The Labute approximate surface area is 170 Å². The Hall–Kier alpha value is -2.87. The summed E-state index contributed by atoms with van der Waals surface area (Å²) in [5, 5.41) is 12.4. The maximum Gasteiger partial charge on any atom is 0.293 e. The van der Waals surface area contributed by atoms with Gasteiger partial charge in [-0.2, -0.15) is 0 Å². The Morgan fingerprint density at radius 1 is 1.14 bits per heavy atom. The Balaban J connectivity index is 1.43. The van der Waals surface area contributed by atoms with Crippen molar-refractivity contribution in [3.8, 4) is 0 Å². The van der Waals surface area contributed by atoms with Crippen LogP contribution in [0, 0.1) is 10.1 Å². The van der Waals surface area contributed by atoms with Crippen molar-refractivity contribution in [1.29, 1.82) is 0 Å². The monoisotopic (exact) mass is 442 g/mol. The Bertz CT molecular complexity index is 1040. The van der Waals surface area contributed by atoms with Crippen LogP contribution in [0.3, 0.4) is 0 Å². The molecule has 1 amide bonds. The highest BCUT2D eigenvalue weighted by molar-refractivity contribution is 9.10. The quantitative estimate of drug-likeness (QED) is 0.492. The van der Waals surface area contributed by atoms with Crippen LogP contribution < -0.4 is 4.90 Å². The van der Waals surface area contributed by atoms with E-state index in [0.29, 0.717) is 42.8 Å². The molecule has 0 unspecified atom stereocenters. The highest BCUT2D eigenvalue weighted by Gasteiger charge is 2.26. The lowest BCUT2D eigenvalue weighted by molar-refractivity contribution is -0.384. The Kier molecular flexibility index (Phi) is 5.04. The summed E-state index contributed by atoms with van der Waals surface area (Å²) < 4.78 is 0.676. The number of benzene rings is 2. The largest absolute Gasteiger partial charge is 0.362 e. The number of halogens is 1. The van der Waals surface area contributed by atoms with Gasteiger partial charge in [0.05, 0.1) is 11.3 Å². The predicted octanol–water partition coefficient (Wildman–Crippen LogP) is 3.73. The molecule has 1 saturated heterocycles. The molecule has 4 rings (SSSR count). The summed E-state index contributed by atoms with van der Waals surface area (Å²) in [6.45, 7) is 2.24. The lowest BCUT2D eigenvalue weighted by Gasteiger charge is -2.35. The van der Waals surface area contributed by atoms with Gasteiger partial charge < -0.3 is 14.8 Å². The van der Waals surface area contributed by atoms with Crippen molar-refractivity contribution < 1.29 is 9.72 Å². The molecule has 28 heavy (non-hydrogen) atoms. The number of nitrogens with one attached hydrogen (secondary N) is 1. The summed E-state index contributed by atoms with van der Waals surface area (Å²) in [5.41, 5.74) is 2.69. The average molecular weight is 443 g/mol. The number of nitro benzene ring substituents is 1. The summed E-state index contributed by atoms with van der Waals surface area (Å²) >= 11 is 3.28. The van der Waals surface area contributed by atoms with E-state index in [1.165, 1.54) is 6.07 Å². The van der Waals surface area contributed by atoms with E-state index in [0.717, 1.165) is 16.5 Å². The Morgan fingerprint density at radius 3 is 2.64 bits per heavy atom. The van der Waals surface area contributed by atoms with Crippen molar-refractivity contribution in [3.63, 3.8) is 0 Å². The van der Waals surface area contributed by atoms with Crippen molar-refractivity contribution >= 4 is 44.1 Å². The normalized spacial score (nSPS) is 14.5. The number of amides is 1. The third-order valence-corrected chi connectivity index (χ3v) is 5.62. The van der Waals surface area contributed by atoms with Gasteiger partial charge in [-0.15, -0.1) is 0 Å². The molecule has 0 aliphatic carbocycles. The van der Waals surface area contributed by atoms with E-state index in [2.05, 4.69) is 20.9 Å². The number of fused-ring (bicyclic) bond motifs is 1. The number of nitro groups is 1. The molecule has 1 aromatic heterocycles. The van der Waals surface area contributed by atoms with Gasteiger partial charge in [0.2, 0.25) is 5.91 Å². The van der Waals surface area contributed by atoms with Crippen LogP contribution in [0.15, 0.2) is 53.1 Å². The summed E-state index contributed by atoms with van der Waals surface area (Å²) in [5.74, 6) is 0.0784. The molecule has 8 heteroatoms. The van der Waals surface area contributed by atoms with Gasteiger partial charge in [-0.25, -0.2) is 0 Å². The van der Waals surface area contributed by atoms with Gasteiger partial charge in [0, 0.05) is 53.8 Å². The van der Waals surface area contributed by atoms with E-state index in [9.17, 15) is 14.9 Å². The molecule has 0 saturated carbocycles. The van der Waals surface area contributed by atoms with Crippen LogP contribution in [-0.4, -0.2) is 46.9 Å². The first kappa shape index (κ1) is 18.5. The molecule has 1 aliphatic rings. The lowest BCUT2D eigenvalue weighted by Crippen LogP contribution is -2.49. The van der Waals surface area contributed by atoms with Crippen molar-refractivity contribution in [2.75, 3.05) is 31.1 Å². The molecule has 2 heterocycles. The van der Waals surface area contributed by atoms with Gasteiger partial charge >= 0.3 is 0 Å². The van der Waals surface area contributed by atoms with Crippen LogP contribution in [-0.2, 0) is 11.2 Å². The summed E-state index contributed by atoms with van der Waals surface area (Å²) in [7, 11) is 0. The minimum absolute atomic E-state index is 0.0768. The fraction of sp³-hybridized carbons (Fsp3) is 0.250. The molecule has 0 radical (unpaired) electrons. The number of carbonyl (C=O) groups excluding carboxylic acids is 1. The number of anilines is 1. The van der Waals surface area contributed by atoms with Crippen LogP contribution in [0.25, 0.3) is 10.9 Å². The van der Waals surface area contributed by atoms with Crippen molar-refractivity contribution in [2.24, 2.45) is 0 Å². The van der Waals surface area contributed by atoms with Crippen molar-refractivity contribution in [2.45, 2.75) is 6.42 Å². The fourth-order valence-electron chi connectivity index (χ4n) is 3.66. The minimum atomic E-state index is -0.366. The molecule has 7 nitrogen and oxygen atoms in total. The smallest absolute Gasteiger partial charge is 0.293 e. The number of hydrogen-bond acceptors (Lipinski definition) is 4. The first-order valence-corrected chi connectivity index (χ1v) is 9.84. The van der Waals surface area contributed by atoms with E-state index < -0.39 is 0 Å². The Morgan fingerprint density at radius 2 is 1.89 bits per heavy atom. The van der Waals surface area contributed by atoms with Gasteiger partial charge in [-0.3, -0.25) is 14.9 Å². The van der Waals surface area contributed by atoms with E-state index in [4.69, 9.17) is 0 Å². The van der Waals surface area contributed by atoms with Crippen LogP contribution in [0.1, 0.15) is 5.56 Å². The van der Waals surface area contributed by atoms with Crippen molar-refractivity contribution in [3.05, 3.63) is 68.8 Å². The second-order valence-electron chi connectivity index (χ2n) is 6.79. The van der Waals surface area contributed by atoms with Crippen LogP contribution in [0.4, 0.5) is 11.4 Å². The number of hydrogen-bond donors (Lipinski definition) is 1. The number of H-pyrrole nitrogens is 1. The van der Waals surface area contributed by atoms with Gasteiger partial charge in [-0.1, -0.05) is 34.1 Å². The first-order valence-electron chi connectivity index (χ1n) is 9.04. The maximum atomic E-state index is 12.8. The molecule has 0 spiro atoms. The van der Waals surface area contributed by atoms with Gasteiger partial charge in [0.1, 0.15) is 5.69 Å². The van der Waals surface area contributed by atoms with Crippen LogP contribution in [0.2, 0.25) is 0 Å². The standard InChI is InChI=1S/C20H19BrN4O3/c21-15-5-6-18(19(12-15)25(27)28)23-7-9-24(10-8-23)20(26)11-14-13-22-17-4-2-1-3-16(14)17/h1-6,12-13,22H,7-11H2. The molecule has 2 aromatic carbocycles. The SMILES string of the molecule is O=C(Cc1c[nH]c2ccccc12)N1CCN(c2ccc(Br)cc2[N+](=O)[O-])CC1. The number of aromatic amines is 1. The second-order valence-corrected chi connectivity index (χ2v) is 7.71. The molecular weight excluding hydrogens is 424 g/mol. The summed E-state index contributed by atoms with van der Waals surface area (Å²) in [6.07, 6.45) is 2.24.